The van der Waals surface area contributed by atoms with E-state index >= 15 is 0 Å². The van der Waals surface area contributed by atoms with Crippen LogP contribution in [0.3, 0.4) is 0 Å². The van der Waals surface area contributed by atoms with Crippen LogP contribution >= 0.6 is 23.4 Å². The number of alkyl halides is 1. The molecular weight excluding hydrogens is 314 g/mol. The van der Waals surface area contributed by atoms with Crippen molar-refractivity contribution in [2.75, 3.05) is 11.5 Å². The van der Waals surface area contributed by atoms with Crippen molar-refractivity contribution in [3.8, 4) is 0 Å². The molecule has 2 atom stereocenters. The summed E-state index contributed by atoms with van der Waals surface area (Å²) in [4.78, 5) is 4.28. The molecule has 2 nitrogen and oxygen atoms in total. The molecule has 1 heterocycles. The van der Waals surface area contributed by atoms with Gasteiger partial charge >= 0.3 is 0 Å². The second kappa shape index (κ2) is 6.97. The highest BCUT2D eigenvalue weighted by Gasteiger charge is 2.21. The number of fused-ring (bicyclic) bond motifs is 1. The summed E-state index contributed by atoms with van der Waals surface area (Å²) in [6.45, 7) is 5.93. The Balaban J connectivity index is 2.50. The molecule has 0 aliphatic heterocycles. The van der Waals surface area contributed by atoms with E-state index in [0.29, 0.717) is 11.3 Å². The number of benzene rings is 1. The van der Waals surface area contributed by atoms with Gasteiger partial charge in [-0.15, -0.1) is 11.6 Å². The first-order valence-electron chi connectivity index (χ1n) is 7.04. The number of aromatic nitrogens is 2. The Bertz CT molecular complexity index is 628. The van der Waals surface area contributed by atoms with Gasteiger partial charge in [0.1, 0.15) is 17.2 Å². The second-order valence-electron chi connectivity index (χ2n) is 5.05. The fraction of sp³-hybridized carbons (Fsp3) is 0.533. The number of halogens is 3. The van der Waals surface area contributed by atoms with Gasteiger partial charge in [-0.25, -0.2) is 13.8 Å². The van der Waals surface area contributed by atoms with Gasteiger partial charge in [0.05, 0.1) is 10.9 Å². The van der Waals surface area contributed by atoms with Crippen LogP contribution in [0.5, 0.6) is 0 Å². The van der Waals surface area contributed by atoms with Crippen LogP contribution in [-0.4, -0.2) is 21.1 Å². The molecule has 0 bridgehead atoms. The molecule has 21 heavy (non-hydrogen) atoms. The molecule has 0 fully saturated rings. The zero-order chi connectivity index (χ0) is 15.6. The summed E-state index contributed by atoms with van der Waals surface area (Å²) in [5, 5.41) is -0.360. The summed E-state index contributed by atoms with van der Waals surface area (Å²) in [5.74, 6) is 1.40. The van der Waals surface area contributed by atoms with Crippen molar-refractivity contribution in [3.63, 3.8) is 0 Å². The lowest BCUT2D eigenvalue weighted by atomic mass is 10.2. The predicted molar refractivity (Wildman–Crippen MR) is 86.2 cm³/mol. The summed E-state index contributed by atoms with van der Waals surface area (Å²) < 4.78 is 29.3. The smallest absolute Gasteiger partial charge is 0.153 e. The summed E-state index contributed by atoms with van der Waals surface area (Å²) in [6.07, 6.45) is 0.901. The maximum atomic E-state index is 13.9. The van der Waals surface area contributed by atoms with E-state index in [1.807, 2.05) is 23.3 Å². The molecular formula is C15H19ClF2N2S. The number of nitrogens with zero attached hydrogens (tertiary/aromatic N) is 2. The number of hydrogen-bond donors (Lipinski definition) is 0. The number of thioether (sulfide) groups is 1. The molecule has 6 heteroatoms. The summed E-state index contributed by atoms with van der Waals surface area (Å²) in [7, 11) is 0. The molecule has 0 N–H and O–H groups in total. The van der Waals surface area contributed by atoms with E-state index in [1.165, 1.54) is 6.07 Å². The van der Waals surface area contributed by atoms with Crippen LogP contribution in [0.15, 0.2) is 12.1 Å². The highest BCUT2D eigenvalue weighted by molar-refractivity contribution is 7.99. The van der Waals surface area contributed by atoms with Crippen molar-refractivity contribution < 1.29 is 8.78 Å². The van der Waals surface area contributed by atoms with Crippen LogP contribution in [0.1, 0.15) is 44.4 Å². The average molecular weight is 333 g/mol. The standard InChI is InChI=1S/C15H19ClF2N2S/c1-4-21-6-5-9(2)20-13-8-11(17)7-12(18)14(13)19-15(20)10(3)16/h7-10H,4-6H2,1-3H3. The van der Waals surface area contributed by atoms with Crippen LogP contribution in [0.25, 0.3) is 11.0 Å². The van der Waals surface area contributed by atoms with Gasteiger partial charge < -0.3 is 4.57 Å². The minimum atomic E-state index is -0.641. The maximum Gasteiger partial charge on any atom is 0.153 e. The number of hydrogen-bond acceptors (Lipinski definition) is 2. The first-order valence-corrected chi connectivity index (χ1v) is 8.63. The molecule has 0 spiro atoms. The fourth-order valence-corrected chi connectivity index (χ4v) is 3.36. The van der Waals surface area contributed by atoms with Crippen LogP contribution in [0, 0.1) is 11.6 Å². The molecule has 0 aliphatic rings. The van der Waals surface area contributed by atoms with Crippen molar-refractivity contribution >= 4 is 34.4 Å². The molecule has 0 saturated carbocycles. The lowest BCUT2D eigenvalue weighted by molar-refractivity contribution is 0.524. The Morgan fingerprint density at radius 2 is 2.05 bits per heavy atom. The van der Waals surface area contributed by atoms with Crippen molar-refractivity contribution in [1.29, 1.82) is 0 Å². The molecule has 2 aromatic rings. The summed E-state index contributed by atoms with van der Waals surface area (Å²) in [6, 6.07) is 2.28. The third kappa shape index (κ3) is 3.51. The molecule has 116 valence electrons. The molecule has 1 aromatic carbocycles. The number of imidazole rings is 1. The van der Waals surface area contributed by atoms with Crippen molar-refractivity contribution in [1.82, 2.24) is 9.55 Å². The monoisotopic (exact) mass is 332 g/mol. The molecule has 2 unspecified atom stereocenters. The van der Waals surface area contributed by atoms with E-state index in [2.05, 4.69) is 11.9 Å². The quantitative estimate of drug-likeness (QED) is 0.526. The van der Waals surface area contributed by atoms with E-state index in [9.17, 15) is 8.78 Å². The predicted octanol–water partition coefficient (Wildman–Crippen LogP) is 5.32. The third-order valence-corrected chi connectivity index (χ3v) is 4.55. The Labute approximate surface area is 132 Å². The van der Waals surface area contributed by atoms with Gasteiger partial charge in [0, 0.05) is 12.1 Å². The molecule has 1 aromatic heterocycles. The van der Waals surface area contributed by atoms with Gasteiger partial charge in [-0.3, -0.25) is 0 Å². The Hall–Kier alpha value is -0.810. The van der Waals surface area contributed by atoms with E-state index in [0.717, 1.165) is 24.0 Å². The zero-order valence-electron chi connectivity index (χ0n) is 12.4. The highest BCUT2D eigenvalue weighted by atomic mass is 35.5. The van der Waals surface area contributed by atoms with Crippen LogP contribution in [0.2, 0.25) is 0 Å². The average Bonchev–Trinajstić information content (AvgIpc) is 2.78. The normalized spacial score (nSPS) is 14.6. The lowest BCUT2D eigenvalue weighted by Gasteiger charge is -2.18. The van der Waals surface area contributed by atoms with E-state index in [4.69, 9.17) is 11.6 Å². The van der Waals surface area contributed by atoms with Gasteiger partial charge in [0.25, 0.3) is 0 Å². The second-order valence-corrected chi connectivity index (χ2v) is 7.09. The Morgan fingerprint density at radius 3 is 2.67 bits per heavy atom. The maximum absolute atomic E-state index is 13.9. The molecule has 2 rings (SSSR count). The third-order valence-electron chi connectivity index (χ3n) is 3.42. The van der Waals surface area contributed by atoms with E-state index in [-0.39, 0.29) is 16.9 Å². The Morgan fingerprint density at radius 1 is 1.33 bits per heavy atom. The van der Waals surface area contributed by atoms with Gasteiger partial charge in [-0.05, 0) is 37.8 Å². The largest absolute Gasteiger partial charge is 0.324 e. The topological polar surface area (TPSA) is 17.8 Å². The van der Waals surface area contributed by atoms with E-state index in [1.54, 1.807) is 6.92 Å². The minimum absolute atomic E-state index is 0.0893. The molecule has 0 aliphatic carbocycles. The number of rotatable bonds is 6. The first-order chi connectivity index (χ1) is 9.95. The van der Waals surface area contributed by atoms with Crippen LogP contribution in [-0.2, 0) is 0 Å². The summed E-state index contributed by atoms with van der Waals surface area (Å²) in [5.41, 5.74) is 0.665. The van der Waals surface area contributed by atoms with Crippen molar-refractivity contribution in [2.24, 2.45) is 0 Å². The first kappa shape index (κ1) is 16.6. The van der Waals surface area contributed by atoms with E-state index < -0.39 is 11.6 Å². The summed E-state index contributed by atoms with van der Waals surface area (Å²) >= 11 is 8.02. The van der Waals surface area contributed by atoms with Gasteiger partial charge in [0.2, 0.25) is 0 Å². The molecule has 0 radical (unpaired) electrons. The van der Waals surface area contributed by atoms with Gasteiger partial charge in [-0.2, -0.15) is 11.8 Å². The lowest BCUT2D eigenvalue weighted by Crippen LogP contribution is -2.11. The molecule has 0 amide bonds. The molecule has 0 saturated heterocycles. The SMILES string of the molecule is CCSCCC(C)n1c(C(C)Cl)nc2c(F)cc(F)cc21. The van der Waals surface area contributed by atoms with Gasteiger partial charge in [0.15, 0.2) is 5.82 Å². The Kier molecular flexibility index (Phi) is 5.49. The fourth-order valence-electron chi connectivity index (χ4n) is 2.41. The van der Waals surface area contributed by atoms with Crippen LogP contribution < -0.4 is 0 Å². The van der Waals surface area contributed by atoms with Gasteiger partial charge in [-0.1, -0.05) is 6.92 Å². The zero-order valence-corrected chi connectivity index (χ0v) is 13.9. The van der Waals surface area contributed by atoms with Crippen molar-refractivity contribution in [3.05, 3.63) is 29.6 Å². The van der Waals surface area contributed by atoms with Crippen LogP contribution in [0.4, 0.5) is 8.78 Å². The highest BCUT2D eigenvalue weighted by Crippen LogP contribution is 2.31. The minimum Gasteiger partial charge on any atom is -0.324 e. The van der Waals surface area contributed by atoms with Crippen molar-refractivity contribution in [2.45, 2.75) is 38.6 Å².